The molecule has 0 aliphatic carbocycles. The molecule has 0 saturated carbocycles. The van der Waals surface area contributed by atoms with Crippen molar-refractivity contribution >= 4 is 34.0 Å². The number of pyridine rings is 1. The van der Waals surface area contributed by atoms with Crippen molar-refractivity contribution in [3.05, 3.63) is 102 Å². The number of morpholine rings is 1. The molecule has 0 spiro atoms. The van der Waals surface area contributed by atoms with Crippen LogP contribution in [0.25, 0.3) is 10.8 Å². The standard InChI is InChI=1S/C28H26N4O3/c33-27(24-8-3-6-21-5-1-2-7-23(21)24)31-25-9-4-14-29-26(25)28(34)30-19-20-10-12-22(13-11-20)32-15-17-35-18-16-32/h1-14H,15-19H2,(H,30,34)(H,31,33). The Balaban J connectivity index is 1.26. The third-order valence-electron chi connectivity index (χ3n) is 6.07. The second kappa shape index (κ2) is 10.4. The predicted molar refractivity (Wildman–Crippen MR) is 137 cm³/mol. The highest BCUT2D eigenvalue weighted by atomic mass is 16.5. The molecule has 1 saturated heterocycles. The molecule has 0 bridgehead atoms. The molecule has 0 unspecified atom stereocenters. The van der Waals surface area contributed by atoms with Crippen molar-refractivity contribution in [2.24, 2.45) is 0 Å². The van der Waals surface area contributed by atoms with Gasteiger partial charge >= 0.3 is 0 Å². The summed E-state index contributed by atoms with van der Waals surface area (Å²) in [7, 11) is 0. The van der Waals surface area contributed by atoms with Crippen LogP contribution < -0.4 is 15.5 Å². The van der Waals surface area contributed by atoms with Crippen molar-refractivity contribution < 1.29 is 14.3 Å². The minimum atomic E-state index is -0.351. The third kappa shape index (κ3) is 5.15. The van der Waals surface area contributed by atoms with Crippen LogP contribution in [0.1, 0.15) is 26.4 Å². The number of amides is 2. The zero-order valence-corrected chi connectivity index (χ0v) is 19.2. The van der Waals surface area contributed by atoms with Gasteiger partial charge in [-0.1, -0.05) is 48.5 Å². The lowest BCUT2D eigenvalue weighted by Crippen LogP contribution is -2.36. The van der Waals surface area contributed by atoms with E-state index in [-0.39, 0.29) is 17.5 Å². The lowest BCUT2D eigenvalue weighted by Gasteiger charge is -2.28. The van der Waals surface area contributed by atoms with Crippen LogP contribution in [0.2, 0.25) is 0 Å². The van der Waals surface area contributed by atoms with Gasteiger partial charge in [0.2, 0.25) is 0 Å². The molecule has 176 valence electrons. The molecular weight excluding hydrogens is 440 g/mol. The second-order valence-electron chi connectivity index (χ2n) is 8.33. The van der Waals surface area contributed by atoms with E-state index in [0.29, 0.717) is 17.8 Å². The maximum atomic E-state index is 13.1. The van der Waals surface area contributed by atoms with Crippen molar-refractivity contribution in [3.63, 3.8) is 0 Å². The maximum Gasteiger partial charge on any atom is 0.272 e. The van der Waals surface area contributed by atoms with E-state index in [1.807, 2.05) is 48.5 Å². The Hall–Kier alpha value is -4.23. The van der Waals surface area contributed by atoms with Crippen molar-refractivity contribution in [2.45, 2.75) is 6.54 Å². The third-order valence-corrected chi connectivity index (χ3v) is 6.07. The van der Waals surface area contributed by atoms with Gasteiger partial charge in [-0.25, -0.2) is 4.98 Å². The van der Waals surface area contributed by atoms with E-state index in [9.17, 15) is 9.59 Å². The number of carbonyl (C=O) groups is 2. The summed E-state index contributed by atoms with van der Waals surface area (Å²) >= 11 is 0. The molecule has 7 nitrogen and oxygen atoms in total. The van der Waals surface area contributed by atoms with Crippen LogP contribution in [0.15, 0.2) is 85.1 Å². The number of carbonyl (C=O) groups excluding carboxylic acids is 2. The number of ether oxygens (including phenoxy) is 1. The van der Waals surface area contributed by atoms with E-state index in [2.05, 4.69) is 32.7 Å². The van der Waals surface area contributed by atoms with E-state index in [1.165, 1.54) is 0 Å². The molecule has 3 aromatic carbocycles. The maximum absolute atomic E-state index is 13.1. The average Bonchev–Trinajstić information content (AvgIpc) is 2.92. The molecule has 0 atom stereocenters. The van der Waals surface area contributed by atoms with E-state index in [4.69, 9.17) is 4.74 Å². The van der Waals surface area contributed by atoms with Gasteiger partial charge in [-0.3, -0.25) is 9.59 Å². The molecular formula is C28H26N4O3. The second-order valence-corrected chi connectivity index (χ2v) is 8.33. The number of nitrogens with zero attached hydrogens (tertiary/aromatic N) is 2. The molecule has 2 N–H and O–H groups in total. The van der Waals surface area contributed by atoms with Gasteiger partial charge < -0.3 is 20.3 Å². The van der Waals surface area contributed by atoms with Crippen molar-refractivity contribution in [1.29, 1.82) is 0 Å². The minimum Gasteiger partial charge on any atom is -0.378 e. The number of anilines is 2. The molecule has 2 heterocycles. The van der Waals surface area contributed by atoms with Gasteiger partial charge in [0.1, 0.15) is 0 Å². The summed E-state index contributed by atoms with van der Waals surface area (Å²) < 4.78 is 5.41. The monoisotopic (exact) mass is 466 g/mol. The largest absolute Gasteiger partial charge is 0.378 e. The van der Waals surface area contributed by atoms with Crippen LogP contribution in [0.3, 0.4) is 0 Å². The van der Waals surface area contributed by atoms with Gasteiger partial charge in [-0.15, -0.1) is 0 Å². The van der Waals surface area contributed by atoms with E-state index < -0.39 is 0 Å². The van der Waals surface area contributed by atoms with Crippen molar-refractivity contribution in [1.82, 2.24) is 10.3 Å². The first-order valence-corrected chi connectivity index (χ1v) is 11.6. The molecule has 4 aromatic rings. The zero-order chi connectivity index (χ0) is 24.0. The van der Waals surface area contributed by atoms with Crippen LogP contribution in [0.4, 0.5) is 11.4 Å². The lowest BCUT2D eigenvalue weighted by atomic mass is 10.0. The lowest BCUT2D eigenvalue weighted by molar-refractivity contribution is 0.0947. The molecule has 1 aromatic heterocycles. The van der Waals surface area contributed by atoms with Crippen LogP contribution in [-0.4, -0.2) is 43.1 Å². The fourth-order valence-corrected chi connectivity index (χ4v) is 4.21. The van der Waals surface area contributed by atoms with Crippen molar-refractivity contribution in [3.8, 4) is 0 Å². The Kier molecular flexibility index (Phi) is 6.68. The first-order chi connectivity index (χ1) is 17.2. The van der Waals surface area contributed by atoms with Crippen LogP contribution in [0.5, 0.6) is 0 Å². The quantitative estimate of drug-likeness (QED) is 0.444. The van der Waals surface area contributed by atoms with Crippen molar-refractivity contribution in [2.75, 3.05) is 36.5 Å². The zero-order valence-electron chi connectivity index (χ0n) is 19.2. The molecule has 1 aliphatic rings. The van der Waals surface area contributed by atoms with E-state index in [0.717, 1.165) is 48.3 Å². The Morgan fingerprint density at radius 1 is 0.857 bits per heavy atom. The Labute approximate surface area is 203 Å². The number of aromatic nitrogens is 1. The first kappa shape index (κ1) is 22.6. The Morgan fingerprint density at radius 2 is 1.63 bits per heavy atom. The number of rotatable bonds is 6. The summed E-state index contributed by atoms with van der Waals surface area (Å²) in [5, 5.41) is 7.60. The molecule has 1 aliphatic heterocycles. The summed E-state index contributed by atoms with van der Waals surface area (Å²) in [5.74, 6) is -0.640. The van der Waals surface area contributed by atoms with Gasteiger partial charge in [0, 0.05) is 37.1 Å². The smallest absolute Gasteiger partial charge is 0.272 e. The van der Waals surface area contributed by atoms with E-state index >= 15 is 0 Å². The fraction of sp³-hybridized carbons (Fsp3) is 0.179. The number of nitrogens with one attached hydrogen (secondary N) is 2. The molecule has 2 amide bonds. The van der Waals surface area contributed by atoms with Crippen LogP contribution in [-0.2, 0) is 11.3 Å². The number of benzene rings is 3. The van der Waals surface area contributed by atoms with Gasteiger partial charge in [0.05, 0.1) is 18.9 Å². The van der Waals surface area contributed by atoms with Crippen LogP contribution >= 0.6 is 0 Å². The minimum absolute atomic E-state index is 0.172. The first-order valence-electron chi connectivity index (χ1n) is 11.6. The fourth-order valence-electron chi connectivity index (χ4n) is 4.21. The van der Waals surface area contributed by atoms with Gasteiger partial charge in [-0.05, 0) is 46.7 Å². The molecule has 35 heavy (non-hydrogen) atoms. The number of hydrogen-bond donors (Lipinski definition) is 2. The normalized spacial score (nSPS) is 13.4. The summed E-state index contributed by atoms with van der Waals surface area (Å²) in [6.45, 7) is 3.59. The predicted octanol–water partition coefficient (Wildman–Crippen LogP) is 4.25. The van der Waals surface area contributed by atoms with E-state index in [1.54, 1.807) is 24.4 Å². The summed E-state index contributed by atoms with van der Waals surface area (Å²) in [5.41, 5.74) is 3.20. The molecule has 1 fully saturated rings. The highest BCUT2D eigenvalue weighted by Crippen LogP contribution is 2.21. The molecule has 0 radical (unpaired) electrons. The molecule has 7 heteroatoms. The van der Waals surface area contributed by atoms with Gasteiger partial charge in [0.15, 0.2) is 5.69 Å². The van der Waals surface area contributed by atoms with Gasteiger partial charge in [0.25, 0.3) is 11.8 Å². The highest BCUT2D eigenvalue weighted by molar-refractivity contribution is 6.14. The number of fused-ring (bicyclic) bond motifs is 1. The summed E-state index contributed by atoms with van der Waals surface area (Å²) in [4.78, 5) is 32.5. The van der Waals surface area contributed by atoms with Gasteiger partial charge in [-0.2, -0.15) is 0 Å². The Bertz CT molecular complexity index is 1340. The SMILES string of the molecule is O=C(NCc1ccc(N2CCOCC2)cc1)c1ncccc1NC(=O)c1cccc2ccccc12. The van der Waals surface area contributed by atoms with Crippen LogP contribution in [0, 0.1) is 0 Å². The topological polar surface area (TPSA) is 83.6 Å². The average molecular weight is 467 g/mol. The molecule has 5 rings (SSSR count). The number of hydrogen-bond acceptors (Lipinski definition) is 5. The summed E-state index contributed by atoms with van der Waals surface area (Å²) in [6.07, 6.45) is 1.54. The Morgan fingerprint density at radius 3 is 2.46 bits per heavy atom. The summed E-state index contributed by atoms with van der Waals surface area (Å²) in [6, 6.07) is 24.8. The highest BCUT2D eigenvalue weighted by Gasteiger charge is 2.17.